The molecule has 0 N–H and O–H groups in total. The molecular weight excluding hydrogens is 627 g/mol. The first kappa shape index (κ1) is 27.9. The Balaban J connectivity index is 1.18. The van der Waals surface area contributed by atoms with E-state index in [9.17, 15) is 0 Å². The molecule has 2 aliphatic carbocycles. The van der Waals surface area contributed by atoms with Gasteiger partial charge in [-0.15, -0.1) is 0 Å². The van der Waals surface area contributed by atoms with Crippen molar-refractivity contribution in [1.82, 2.24) is 4.98 Å². The molecule has 0 fully saturated rings. The lowest BCUT2D eigenvalue weighted by molar-refractivity contribution is 1.49. The quantitative estimate of drug-likeness (QED) is 0.173. The molecule has 1 heterocycles. The predicted molar refractivity (Wildman–Crippen MR) is 219 cm³/mol. The summed E-state index contributed by atoms with van der Waals surface area (Å²) in [4.78, 5) is 5.10. The maximum atomic E-state index is 5.10. The van der Waals surface area contributed by atoms with E-state index in [4.69, 9.17) is 4.98 Å². The third-order valence-electron chi connectivity index (χ3n) is 11.5. The summed E-state index contributed by atoms with van der Waals surface area (Å²) in [5.41, 5.74) is 19.9. The Morgan fingerprint density at radius 1 is 0.250 bits per heavy atom. The third-order valence-corrected chi connectivity index (χ3v) is 11.5. The second-order valence-corrected chi connectivity index (χ2v) is 14.2. The highest BCUT2D eigenvalue weighted by Crippen LogP contribution is 2.52. The van der Waals surface area contributed by atoms with Gasteiger partial charge in [-0.2, -0.15) is 0 Å². The zero-order chi connectivity index (χ0) is 33.9. The van der Waals surface area contributed by atoms with Gasteiger partial charge in [-0.05, 0) is 124 Å². The molecule has 10 aromatic rings. The number of nitrogens with zero attached hydrogens (tertiary/aromatic N) is 1. The minimum Gasteiger partial charge on any atom is -0.248 e. The molecule has 0 saturated carbocycles. The number of para-hydroxylation sites is 2. The molecule has 238 valence electrons. The number of fused-ring (bicyclic) bond motifs is 8. The van der Waals surface area contributed by atoms with Gasteiger partial charge in [-0.1, -0.05) is 146 Å². The highest BCUT2D eigenvalue weighted by Gasteiger charge is 2.25. The highest BCUT2D eigenvalue weighted by atomic mass is 14.7. The van der Waals surface area contributed by atoms with Crippen molar-refractivity contribution in [2.75, 3.05) is 0 Å². The summed E-state index contributed by atoms with van der Waals surface area (Å²) in [7, 11) is 0. The van der Waals surface area contributed by atoms with Gasteiger partial charge in [0.2, 0.25) is 0 Å². The van der Waals surface area contributed by atoms with Crippen LogP contribution in [0.2, 0.25) is 0 Å². The van der Waals surface area contributed by atoms with Crippen molar-refractivity contribution in [1.29, 1.82) is 0 Å². The van der Waals surface area contributed by atoms with Crippen LogP contribution in [0.1, 0.15) is 0 Å². The van der Waals surface area contributed by atoms with Gasteiger partial charge in [0.15, 0.2) is 0 Å². The van der Waals surface area contributed by atoms with Crippen LogP contribution in [0.5, 0.6) is 0 Å². The molecular formula is C51H29N. The lowest BCUT2D eigenvalue weighted by Gasteiger charge is -2.17. The SMILES string of the molecule is c1ccc2c(c1)-c1cccc3c(-c4cc(-c5c6ccccc6nc6ccccc56)cc(-c5ccc6c7c(cccc57)-c5ccccc5-6)c4)ccc-2c13. The van der Waals surface area contributed by atoms with Gasteiger partial charge in [0, 0.05) is 16.3 Å². The average Bonchev–Trinajstić information content (AvgIpc) is 3.71. The highest BCUT2D eigenvalue weighted by molar-refractivity contribution is 6.21. The number of aromatic nitrogens is 1. The zero-order valence-corrected chi connectivity index (χ0v) is 28.2. The van der Waals surface area contributed by atoms with Crippen molar-refractivity contribution < 1.29 is 0 Å². The van der Waals surface area contributed by atoms with E-state index in [2.05, 4.69) is 176 Å². The van der Waals surface area contributed by atoms with Crippen LogP contribution in [-0.4, -0.2) is 4.98 Å². The van der Waals surface area contributed by atoms with E-state index in [-0.39, 0.29) is 0 Å². The number of pyridine rings is 1. The topological polar surface area (TPSA) is 12.9 Å². The molecule has 0 atom stereocenters. The van der Waals surface area contributed by atoms with Gasteiger partial charge in [0.1, 0.15) is 0 Å². The predicted octanol–water partition coefficient (Wildman–Crippen LogP) is 14.0. The van der Waals surface area contributed by atoms with Crippen LogP contribution in [0, 0.1) is 0 Å². The molecule has 0 spiro atoms. The summed E-state index contributed by atoms with van der Waals surface area (Å²) in [5, 5.41) is 7.59. The molecule has 0 saturated heterocycles. The maximum absolute atomic E-state index is 5.10. The molecule has 2 aliphatic rings. The first-order valence-electron chi connectivity index (χ1n) is 18.0. The van der Waals surface area contributed by atoms with Gasteiger partial charge in [0.05, 0.1) is 11.0 Å². The molecule has 0 radical (unpaired) electrons. The van der Waals surface area contributed by atoms with E-state index in [1.807, 2.05) is 0 Å². The Labute approximate surface area is 301 Å². The molecule has 0 unspecified atom stereocenters. The lowest BCUT2D eigenvalue weighted by Crippen LogP contribution is -1.92. The fourth-order valence-electron chi connectivity index (χ4n) is 9.35. The van der Waals surface area contributed by atoms with Gasteiger partial charge >= 0.3 is 0 Å². The fourth-order valence-corrected chi connectivity index (χ4v) is 9.35. The van der Waals surface area contributed by atoms with Crippen LogP contribution >= 0.6 is 0 Å². The van der Waals surface area contributed by atoms with E-state index in [1.165, 1.54) is 99.4 Å². The zero-order valence-electron chi connectivity index (χ0n) is 28.2. The van der Waals surface area contributed by atoms with Crippen molar-refractivity contribution in [2.24, 2.45) is 0 Å². The van der Waals surface area contributed by atoms with E-state index < -0.39 is 0 Å². The van der Waals surface area contributed by atoms with Crippen LogP contribution in [0.4, 0.5) is 0 Å². The summed E-state index contributed by atoms with van der Waals surface area (Å²) in [6.07, 6.45) is 0. The Kier molecular flexibility index (Phi) is 5.56. The summed E-state index contributed by atoms with van der Waals surface area (Å²) in [6, 6.07) is 65.1. The minimum atomic E-state index is 1.01. The van der Waals surface area contributed by atoms with Gasteiger partial charge in [0.25, 0.3) is 0 Å². The molecule has 52 heavy (non-hydrogen) atoms. The molecule has 12 rings (SSSR count). The second kappa shape index (κ2) is 10.4. The molecule has 1 nitrogen and oxygen atoms in total. The maximum Gasteiger partial charge on any atom is 0.0715 e. The Bertz CT molecular complexity index is 2920. The lowest BCUT2D eigenvalue weighted by atomic mass is 9.87. The molecule has 0 bridgehead atoms. The van der Waals surface area contributed by atoms with Crippen LogP contribution < -0.4 is 0 Å². The van der Waals surface area contributed by atoms with Crippen LogP contribution in [-0.2, 0) is 0 Å². The van der Waals surface area contributed by atoms with E-state index in [0.29, 0.717) is 0 Å². The molecule has 1 aromatic heterocycles. The molecule has 0 amide bonds. The number of benzene rings is 9. The first-order chi connectivity index (χ1) is 25.8. The number of hydrogen-bond donors (Lipinski definition) is 0. The van der Waals surface area contributed by atoms with Gasteiger partial charge in [-0.25, -0.2) is 4.98 Å². The average molecular weight is 656 g/mol. The third kappa shape index (κ3) is 3.75. The van der Waals surface area contributed by atoms with Crippen molar-refractivity contribution in [3.8, 4) is 77.9 Å². The van der Waals surface area contributed by atoms with E-state index in [0.717, 1.165) is 21.8 Å². The van der Waals surface area contributed by atoms with E-state index >= 15 is 0 Å². The van der Waals surface area contributed by atoms with Gasteiger partial charge in [-0.3, -0.25) is 0 Å². The standard InChI is InChI=1S/C51H29N/c1-3-13-37-35(11-1)41-19-9-17-39-33(23-25-43(37)50(39)41)30-27-31(34-24-26-44-38-14-4-2-12-36(38)42-20-10-18-40(34)51(42)44)29-32(28-30)49-45-15-5-7-21-47(45)52-48-22-8-6-16-46(48)49/h1-29H. The summed E-state index contributed by atoms with van der Waals surface area (Å²) in [6.45, 7) is 0. The molecule has 1 heteroatoms. The van der Waals surface area contributed by atoms with E-state index in [1.54, 1.807) is 0 Å². The monoisotopic (exact) mass is 655 g/mol. The molecule has 0 aliphatic heterocycles. The smallest absolute Gasteiger partial charge is 0.0715 e. The Morgan fingerprint density at radius 3 is 1.08 bits per heavy atom. The Morgan fingerprint density at radius 2 is 0.596 bits per heavy atom. The fraction of sp³-hybridized carbons (Fsp3) is 0. The van der Waals surface area contributed by atoms with Crippen molar-refractivity contribution in [2.45, 2.75) is 0 Å². The number of hydrogen-bond acceptors (Lipinski definition) is 1. The Hall–Kier alpha value is -6.83. The van der Waals surface area contributed by atoms with Crippen LogP contribution in [0.15, 0.2) is 176 Å². The largest absolute Gasteiger partial charge is 0.248 e. The normalized spacial score (nSPS) is 12.2. The van der Waals surface area contributed by atoms with Crippen molar-refractivity contribution in [3.63, 3.8) is 0 Å². The first-order valence-corrected chi connectivity index (χ1v) is 18.0. The van der Waals surface area contributed by atoms with Crippen molar-refractivity contribution in [3.05, 3.63) is 176 Å². The van der Waals surface area contributed by atoms with Crippen molar-refractivity contribution >= 4 is 43.4 Å². The van der Waals surface area contributed by atoms with Crippen LogP contribution in [0.25, 0.3) is 121 Å². The number of rotatable bonds is 3. The summed E-state index contributed by atoms with van der Waals surface area (Å²) in [5.74, 6) is 0. The summed E-state index contributed by atoms with van der Waals surface area (Å²) < 4.78 is 0. The summed E-state index contributed by atoms with van der Waals surface area (Å²) >= 11 is 0. The minimum absolute atomic E-state index is 1.01. The second-order valence-electron chi connectivity index (χ2n) is 14.2. The van der Waals surface area contributed by atoms with Gasteiger partial charge < -0.3 is 0 Å². The molecule has 9 aromatic carbocycles. The van der Waals surface area contributed by atoms with Crippen LogP contribution in [0.3, 0.4) is 0 Å².